The highest BCUT2D eigenvalue weighted by Gasteiger charge is 2.73. The number of benzene rings is 1. The molecule has 2 aromatic rings. The van der Waals surface area contributed by atoms with Crippen LogP contribution in [0, 0.1) is 21.3 Å². The molecule has 3 rings (SSSR count). The average Bonchev–Trinajstić information content (AvgIpc) is 2.83. The van der Waals surface area contributed by atoms with Gasteiger partial charge in [-0.3, -0.25) is 25.3 Å². The summed E-state index contributed by atoms with van der Waals surface area (Å²) in [5.74, 6) is -11.1. The third-order valence-electron chi connectivity index (χ3n) is 5.82. The van der Waals surface area contributed by atoms with Gasteiger partial charge in [-0.05, 0) is 31.4 Å². The first-order valence-corrected chi connectivity index (χ1v) is 11.7. The molecular weight excluding hydrogens is 584 g/mol. The van der Waals surface area contributed by atoms with E-state index in [9.17, 15) is 55.1 Å². The van der Waals surface area contributed by atoms with Crippen LogP contribution in [0.4, 0.5) is 46.6 Å². The number of pyridine rings is 1. The predicted octanol–water partition coefficient (Wildman–Crippen LogP) is 4.79. The highest BCUT2D eigenvalue weighted by Crippen LogP contribution is 2.51. The molecule has 0 bridgehead atoms. The van der Waals surface area contributed by atoms with Gasteiger partial charge in [-0.2, -0.15) is 30.7 Å². The van der Waals surface area contributed by atoms with E-state index in [1.54, 1.807) is 5.32 Å². The van der Waals surface area contributed by atoms with E-state index in [0.29, 0.717) is 24.6 Å². The summed E-state index contributed by atoms with van der Waals surface area (Å²) < 4.78 is 106. The molecule has 1 aliphatic rings. The van der Waals surface area contributed by atoms with Crippen LogP contribution in [0.3, 0.4) is 0 Å². The number of hydrogen-bond acceptors (Lipinski definition) is 8. The number of hydrogen-bond donors (Lipinski definition) is 4. The van der Waals surface area contributed by atoms with Crippen LogP contribution in [-0.4, -0.2) is 55.3 Å². The van der Waals surface area contributed by atoms with Gasteiger partial charge in [0.25, 0.3) is 11.6 Å². The summed E-state index contributed by atoms with van der Waals surface area (Å²) in [6.07, 6.45) is -5.28. The number of nitro benzene ring substituents is 1. The van der Waals surface area contributed by atoms with Crippen LogP contribution in [0.1, 0.15) is 35.2 Å². The summed E-state index contributed by atoms with van der Waals surface area (Å²) in [7, 11) is 0. The number of rotatable bonds is 8. The zero-order valence-corrected chi connectivity index (χ0v) is 20.6. The Kier molecular flexibility index (Phi) is 8.33. The van der Waals surface area contributed by atoms with Gasteiger partial charge in [0.1, 0.15) is 0 Å². The van der Waals surface area contributed by atoms with Gasteiger partial charge in [-0.25, -0.2) is 15.2 Å². The highest BCUT2D eigenvalue weighted by molar-refractivity contribution is 8.13. The van der Waals surface area contributed by atoms with Gasteiger partial charge in [-0.15, -0.1) is 0 Å². The zero-order chi connectivity index (χ0) is 30.3. The summed E-state index contributed by atoms with van der Waals surface area (Å²) in [4.78, 5) is 26.0. The number of carbonyl (C=O) groups is 1. The number of carbonyl (C=O) groups excluding carboxylic acids is 1. The maximum atomic E-state index is 14.4. The number of amidine groups is 1. The van der Waals surface area contributed by atoms with Gasteiger partial charge in [0.05, 0.1) is 22.6 Å². The van der Waals surface area contributed by atoms with E-state index < -0.39 is 68.1 Å². The minimum absolute atomic E-state index is 0.141. The van der Waals surface area contributed by atoms with Crippen molar-refractivity contribution in [2.75, 3.05) is 11.9 Å². The van der Waals surface area contributed by atoms with Gasteiger partial charge < -0.3 is 10.4 Å². The molecule has 10 nitrogen and oxygen atoms in total. The van der Waals surface area contributed by atoms with Crippen molar-refractivity contribution >= 4 is 34.3 Å². The number of alkyl halides is 7. The van der Waals surface area contributed by atoms with Crippen LogP contribution >= 0.6 is 11.8 Å². The molecule has 1 fully saturated rings. The maximum Gasteiger partial charge on any atom is 0.460 e. The monoisotopic (exact) mass is 602 g/mol. The molecule has 0 unspecified atom stereocenters. The molecule has 1 heterocycles. The topological polar surface area (TPSA) is 158 Å². The summed E-state index contributed by atoms with van der Waals surface area (Å²) in [6, 6.07) is 2.35. The second kappa shape index (κ2) is 10.8. The fourth-order valence-corrected chi connectivity index (χ4v) is 4.22. The van der Waals surface area contributed by atoms with E-state index in [2.05, 4.69) is 4.98 Å². The summed E-state index contributed by atoms with van der Waals surface area (Å²) >= 11 is 0.514. The Bertz CT molecular complexity index is 1340. The molecule has 5 N–H and O–H groups in total. The lowest BCUT2D eigenvalue weighted by atomic mass is 9.80. The molecule has 0 spiro atoms. The molecule has 40 heavy (non-hydrogen) atoms. The molecule has 1 aromatic carbocycles. The first-order valence-electron chi connectivity index (χ1n) is 10.9. The zero-order valence-electron chi connectivity index (χ0n) is 19.7. The number of nitrogens with zero attached hydrogens (tertiary/aromatic N) is 3. The molecule has 1 aliphatic carbocycles. The number of aromatic nitrogens is 1. The number of aliphatic hydroxyl groups is 1. The minimum Gasteiger partial charge on any atom is -0.388 e. The molecule has 0 radical (unpaired) electrons. The number of hydrazine groups is 1. The second-order valence-corrected chi connectivity index (χ2v) is 9.74. The van der Waals surface area contributed by atoms with E-state index in [0.717, 1.165) is 29.6 Å². The largest absolute Gasteiger partial charge is 0.460 e. The van der Waals surface area contributed by atoms with Gasteiger partial charge >= 0.3 is 18.0 Å². The van der Waals surface area contributed by atoms with Crippen LogP contribution in [0.25, 0.3) is 0 Å². The van der Waals surface area contributed by atoms with Gasteiger partial charge in [-0.1, -0.05) is 11.8 Å². The number of non-ortho nitro benzene ring substituents is 1. The van der Waals surface area contributed by atoms with Crippen molar-refractivity contribution in [3.05, 3.63) is 57.5 Å². The van der Waals surface area contributed by atoms with Crippen molar-refractivity contribution in [1.29, 1.82) is 5.41 Å². The van der Waals surface area contributed by atoms with Gasteiger partial charge in [0.2, 0.25) is 0 Å². The van der Waals surface area contributed by atoms with E-state index in [1.807, 2.05) is 0 Å². The quantitative estimate of drug-likeness (QED) is 0.0639. The smallest absolute Gasteiger partial charge is 0.388 e. The lowest BCUT2D eigenvalue weighted by Gasteiger charge is -2.39. The molecular formula is C21H18F8N6O4S. The van der Waals surface area contributed by atoms with Crippen molar-refractivity contribution in [1.82, 2.24) is 9.99 Å². The van der Waals surface area contributed by atoms with Crippen molar-refractivity contribution in [3.63, 3.8) is 0 Å². The lowest BCUT2D eigenvalue weighted by Crippen LogP contribution is -2.51. The summed E-state index contributed by atoms with van der Waals surface area (Å²) in [5.41, 5.74) is -4.46. The van der Waals surface area contributed by atoms with E-state index in [4.69, 9.17) is 11.3 Å². The summed E-state index contributed by atoms with van der Waals surface area (Å²) in [6.45, 7) is -0.146. The number of amides is 1. The Morgan fingerprint density at radius 2 is 1.85 bits per heavy atom. The second-order valence-electron chi connectivity index (χ2n) is 8.71. The maximum absolute atomic E-state index is 14.4. The molecule has 0 atom stereocenters. The van der Waals surface area contributed by atoms with Crippen molar-refractivity contribution in [2.45, 2.75) is 47.8 Å². The van der Waals surface area contributed by atoms with E-state index in [-0.39, 0.29) is 23.7 Å². The molecule has 0 saturated heterocycles. The SMILES string of the molecule is N=C(Sc1ccc([N+](=O)[O-])cc1C(=O)Nc1ncc(C(F)(F)C(F)(F)C(F)(F)F)cc1F)N(N)CC1(O)CCC1. The number of nitrogens with two attached hydrogens (primary N) is 1. The predicted molar refractivity (Wildman–Crippen MR) is 123 cm³/mol. The molecule has 0 aliphatic heterocycles. The number of anilines is 1. The fourth-order valence-electron chi connectivity index (χ4n) is 3.43. The Hall–Kier alpha value is -3.58. The molecule has 19 heteroatoms. The third-order valence-corrected chi connectivity index (χ3v) is 6.82. The standard InChI is InChI=1S/C21H18F8N6O4S/c22-13-6-10(19(23,24)20(25,26)21(27,28)29)8-32-15(13)33-16(36)12-7-11(35(38)39)2-3-14(12)40-17(30)34(31)9-18(37)4-1-5-18/h2-3,6-8,30,37H,1,4-5,9,31H2,(H,32,33,36). The molecule has 1 aromatic heterocycles. The van der Waals surface area contributed by atoms with Crippen LogP contribution in [0.2, 0.25) is 0 Å². The number of halogens is 8. The average molecular weight is 602 g/mol. The van der Waals surface area contributed by atoms with Crippen LogP contribution < -0.4 is 11.2 Å². The van der Waals surface area contributed by atoms with E-state index >= 15 is 0 Å². The third kappa shape index (κ3) is 6.09. The van der Waals surface area contributed by atoms with Crippen molar-refractivity contribution in [3.8, 4) is 0 Å². The highest BCUT2D eigenvalue weighted by atomic mass is 32.2. The molecule has 1 amide bonds. The molecule has 1 saturated carbocycles. The van der Waals surface area contributed by atoms with Crippen molar-refractivity contribution < 1.29 is 49.9 Å². The van der Waals surface area contributed by atoms with Crippen LogP contribution in [-0.2, 0) is 5.92 Å². The Labute approximate surface area is 223 Å². The van der Waals surface area contributed by atoms with Gasteiger partial charge in [0, 0.05) is 28.8 Å². The first-order chi connectivity index (χ1) is 18.3. The minimum atomic E-state index is -6.68. The fraction of sp³-hybridized carbons (Fsp3) is 0.381. The van der Waals surface area contributed by atoms with E-state index in [1.165, 1.54) is 0 Å². The Morgan fingerprint density at radius 1 is 1.23 bits per heavy atom. The van der Waals surface area contributed by atoms with Crippen molar-refractivity contribution in [2.24, 2.45) is 5.84 Å². The molecule has 218 valence electrons. The Balaban J connectivity index is 1.87. The van der Waals surface area contributed by atoms with Gasteiger partial charge in [0.15, 0.2) is 16.8 Å². The van der Waals surface area contributed by atoms with Crippen LogP contribution in [0.5, 0.6) is 0 Å². The number of thioether (sulfide) groups is 1. The lowest BCUT2D eigenvalue weighted by molar-refractivity contribution is -0.384. The normalized spacial score (nSPS) is 15.2. The number of nitrogens with one attached hydrogen (secondary N) is 2. The Morgan fingerprint density at radius 3 is 2.35 bits per heavy atom. The first kappa shape index (κ1) is 31.0. The van der Waals surface area contributed by atoms with Crippen LogP contribution in [0.15, 0.2) is 35.4 Å². The number of nitro groups is 1. The summed E-state index contributed by atoms with van der Waals surface area (Å²) in [5, 5.41) is 31.8.